The van der Waals surface area contributed by atoms with Crippen molar-refractivity contribution in [2.24, 2.45) is 0 Å². The first kappa shape index (κ1) is 13.0. The molecule has 18 heavy (non-hydrogen) atoms. The van der Waals surface area contributed by atoms with E-state index in [-0.39, 0.29) is 5.56 Å². The third-order valence-corrected chi connectivity index (χ3v) is 2.83. The maximum absolute atomic E-state index is 13.3. The fraction of sp³-hybridized carbons (Fsp3) is 0.462. The smallest absolute Gasteiger partial charge is 0.254 e. The topological polar surface area (TPSA) is 41.1 Å². The largest absolute Gasteiger partial charge is 0.352 e. The van der Waals surface area contributed by atoms with Crippen LogP contribution in [0.3, 0.4) is 0 Å². The van der Waals surface area contributed by atoms with Crippen molar-refractivity contribution in [2.75, 3.05) is 13.1 Å². The van der Waals surface area contributed by atoms with Gasteiger partial charge in [0.1, 0.15) is 11.6 Å². The first-order valence-corrected chi connectivity index (χ1v) is 6.13. The predicted octanol–water partition coefficient (Wildman–Crippen LogP) is 1.84. The van der Waals surface area contributed by atoms with E-state index in [1.807, 2.05) is 0 Å². The van der Waals surface area contributed by atoms with Crippen molar-refractivity contribution in [3.63, 3.8) is 0 Å². The molecule has 0 heterocycles. The van der Waals surface area contributed by atoms with Crippen LogP contribution in [0.4, 0.5) is 8.78 Å². The van der Waals surface area contributed by atoms with Gasteiger partial charge in [0.2, 0.25) is 0 Å². The number of carbonyl (C=O) groups excluding carboxylic acids is 1. The van der Waals surface area contributed by atoms with E-state index in [4.69, 9.17) is 0 Å². The lowest BCUT2D eigenvalue weighted by Gasteiger charge is -2.06. The van der Waals surface area contributed by atoms with Crippen molar-refractivity contribution < 1.29 is 13.6 Å². The molecule has 0 bridgehead atoms. The lowest BCUT2D eigenvalue weighted by atomic mass is 10.2. The molecule has 1 fully saturated rings. The normalized spacial score (nSPS) is 14.6. The van der Waals surface area contributed by atoms with Crippen molar-refractivity contribution in [3.05, 3.63) is 35.4 Å². The van der Waals surface area contributed by atoms with E-state index >= 15 is 0 Å². The van der Waals surface area contributed by atoms with Crippen LogP contribution in [0.25, 0.3) is 0 Å². The molecule has 0 spiro atoms. The Kier molecular flexibility index (Phi) is 4.25. The van der Waals surface area contributed by atoms with Crippen molar-refractivity contribution >= 4 is 5.91 Å². The van der Waals surface area contributed by atoms with E-state index < -0.39 is 17.5 Å². The molecule has 0 aromatic heterocycles. The van der Waals surface area contributed by atoms with E-state index in [0.29, 0.717) is 18.7 Å². The van der Waals surface area contributed by atoms with Crippen molar-refractivity contribution in [1.29, 1.82) is 0 Å². The summed E-state index contributed by atoms with van der Waals surface area (Å²) in [5, 5.41) is 5.93. The Balaban J connectivity index is 1.72. The highest BCUT2D eigenvalue weighted by Crippen LogP contribution is 2.18. The summed E-state index contributed by atoms with van der Waals surface area (Å²) in [4.78, 5) is 11.6. The number of nitrogens with one attached hydrogen (secondary N) is 2. The van der Waals surface area contributed by atoms with Crippen LogP contribution in [0, 0.1) is 11.6 Å². The zero-order valence-electron chi connectivity index (χ0n) is 10.0. The van der Waals surface area contributed by atoms with Gasteiger partial charge in [-0.05, 0) is 37.9 Å². The standard InChI is InChI=1S/C13H16F2N2O/c14-9-2-5-11(12(15)8-9)13(18)17-7-1-6-16-10-3-4-10/h2,5,8,10,16H,1,3-4,6-7H2,(H,17,18). The molecule has 1 aromatic carbocycles. The second-order valence-electron chi connectivity index (χ2n) is 4.46. The Morgan fingerprint density at radius 1 is 1.28 bits per heavy atom. The van der Waals surface area contributed by atoms with Crippen LogP contribution in [0.5, 0.6) is 0 Å². The molecule has 1 aliphatic carbocycles. The van der Waals surface area contributed by atoms with Crippen LogP contribution in [0.2, 0.25) is 0 Å². The van der Waals surface area contributed by atoms with Gasteiger partial charge in [-0.1, -0.05) is 0 Å². The van der Waals surface area contributed by atoms with Gasteiger partial charge in [-0.15, -0.1) is 0 Å². The maximum atomic E-state index is 13.3. The highest BCUT2D eigenvalue weighted by atomic mass is 19.1. The van der Waals surface area contributed by atoms with Crippen molar-refractivity contribution in [3.8, 4) is 0 Å². The third-order valence-electron chi connectivity index (χ3n) is 2.83. The molecule has 2 rings (SSSR count). The van der Waals surface area contributed by atoms with Gasteiger partial charge in [0.05, 0.1) is 5.56 Å². The van der Waals surface area contributed by atoms with Gasteiger partial charge in [0.15, 0.2) is 0 Å². The Morgan fingerprint density at radius 3 is 2.72 bits per heavy atom. The zero-order valence-corrected chi connectivity index (χ0v) is 10.0. The first-order chi connectivity index (χ1) is 8.66. The second kappa shape index (κ2) is 5.91. The Bertz CT molecular complexity index is 433. The van der Waals surface area contributed by atoms with E-state index in [1.165, 1.54) is 12.8 Å². The van der Waals surface area contributed by atoms with Gasteiger partial charge in [-0.3, -0.25) is 4.79 Å². The minimum atomic E-state index is -0.830. The molecule has 1 aromatic rings. The SMILES string of the molecule is O=C(NCCCNC1CC1)c1ccc(F)cc1F. The van der Waals surface area contributed by atoms with E-state index in [1.54, 1.807) is 0 Å². The molecule has 1 amide bonds. The van der Waals surface area contributed by atoms with Crippen LogP contribution in [-0.4, -0.2) is 25.0 Å². The molecule has 1 saturated carbocycles. The van der Waals surface area contributed by atoms with Gasteiger partial charge in [0, 0.05) is 18.7 Å². The molecule has 0 saturated heterocycles. The number of halogens is 2. The summed E-state index contributed by atoms with van der Waals surface area (Å²) in [7, 11) is 0. The molecule has 2 N–H and O–H groups in total. The van der Waals surface area contributed by atoms with Crippen LogP contribution in [0.1, 0.15) is 29.6 Å². The van der Waals surface area contributed by atoms with E-state index in [0.717, 1.165) is 25.1 Å². The molecule has 0 atom stereocenters. The summed E-state index contributed by atoms with van der Waals surface area (Å²) < 4.78 is 25.9. The number of rotatable bonds is 6. The van der Waals surface area contributed by atoms with Crippen molar-refractivity contribution in [1.82, 2.24) is 10.6 Å². The number of benzene rings is 1. The summed E-state index contributed by atoms with van der Waals surface area (Å²) in [5.41, 5.74) is -0.119. The lowest BCUT2D eigenvalue weighted by Crippen LogP contribution is -2.28. The summed E-state index contributed by atoms with van der Waals surface area (Å²) in [6.07, 6.45) is 3.26. The quantitative estimate of drug-likeness (QED) is 0.760. The number of hydrogen-bond donors (Lipinski definition) is 2. The summed E-state index contributed by atoms with van der Waals surface area (Å²) in [5.74, 6) is -2.01. The molecular weight excluding hydrogens is 238 g/mol. The zero-order chi connectivity index (χ0) is 13.0. The minimum Gasteiger partial charge on any atom is -0.352 e. The average molecular weight is 254 g/mol. The van der Waals surface area contributed by atoms with Crippen LogP contribution in [-0.2, 0) is 0 Å². The lowest BCUT2D eigenvalue weighted by molar-refractivity contribution is 0.0949. The van der Waals surface area contributed by atoms with Gasteiger partial charge in [-0.2, -0.15) is 0 Å². The minimum absolute atomic E-state index is 0.119. The predicted molar refractivity (Wildman–Crippen MR) is 64.3 cm³/mol. The van der Waals surface area contributed by atoms with Crippen LogP contribution in [0.15, 0.2) is 18.2 Å². The van der Waals surface area contributed by atoms with Crippen molar-refractivity contribution in [2.45, 2.75) is 25.3 Å². The third kappa shape index (κ3) is 3.77. The number of amides is 1. The summed E-state index contributed by atoms with van der Waals surface area (Å²) >= 11 is 0. The van der Waals surface area contributed by atoms with E-state index in [9.17, 15) is 13.6 Å². The van der Waals surface area contributed by atoms with Gasteiger partial charge in [-0.25, -0.2) is 8.78 Å². The van der Waals surface area contributed by atoms with Gasteiger partial charge >= 0.3 is 0 Å². The molecular formula is C13H16F2N2O. The molecule has 98 valence electrons. The molecule has 0 radical (unpaired) electrons. The molecule has 5 heteroatoms. The van der Waals surface area contributed by atoms with Gasteiger partial charge < -0.3 is 10.6 Å². The van der Waals surface area contributed by atoms with Gasteiger partial charge in [0.25, 0.3) is 5.91 Å². The highest BCUT2D eigenvalue weighted by Gasteiger charge is 2.19. The number of carbonyl (C=O) groups is 1. The number of hydrogen-bond acceptors (Lipinski definition) is 2. The Morgan fingerprint density at radius 2 is 2.06 bits per heavy atom. The second-order valence-corrected chi connectivity index (χ2v) is 4.46. The average Bonchev–Trinajstić information content (AvgIpc) is 3.12. The molecule has 0 unspecified atom stereocenters. The monoisotopic (exact) mass is 254 g/mol. The Hall–Kier alpha value is -1.49. The van der Waals surface area contributed by atoms with Crippen LogP contribution < -0.4 is 10.6 Å². The fourth-order valence-corrected chi connectivity index (χ4v) is 1.65. The van der Waals surface area contributed by atoms with E-state index in [2.05, 4.69) is 10.6 Å². The maximum Gasteiger partial charge on any atom is 0.254 e. The summed E-state index contributed by atoms with van der Waals surface area (Å²) in [6, 6.07) is 3.59. The fourth-order valence-electron chi connectivity index (χ4n) is 1.65. The molecule has 3 nitrogen and oxygen atoms in total. The Labute approximate surface area is 105 Å². The van der Waals surface area contributed by atoms with Crippen LogP contribution >= 0.6 is 0 Å². The summed E-state index contributed by atoms with van der Waals surface area (Å²) in [6.45, 7) is 1.33. The molecule has 0 aliphatic heterocycles. The highest BCUT2D eigenvalue weighted by molar-refractivity contribution is 5.94. The molecule has 1 aliphatic rings. The first-order valence-electron chi connectivity index (χ1n) is 6.13.